The molecule has 0 fully saturated rings. The van der Waals surface area contributed by atoms with Gasteiger partial charge >= 0.3 is 18.3 Å². The number of hydrogen-bond donors (Lipinski definition) is 2. The van der Waals surface area contributed by atoms with E-state index in [4.69, 9.17) is 16.3 Å². The van der Waals surface area contributed by atoms with Crippen LogP contribution in [-0.4, -0.2) is 44.9 Å². The van der Waals surface area contributed by atoms with E-state index in [0.29, 0.717) is 58.5 Å². The number of aromatic nitrogens is 2. The molecule has 272 valence electrons. The minimum absolute atomic E-state index is 0.170. The Balaban J connectivity index is 0.000000198. The van der Waals surface area contributed by atoms with Crippen molar-refractivity contribution >= 4 is 17.6 Å². The number of esters is 1. The molecular formula is C39H33ClF6N2O4. The molecular weight excluding hydrogens is 710 g/mol. The second-order valence-electron chi connectivity index (χ2n) is 12.8. The number of benzene rings is 4. The monoisotopic (exact) mass is 742 g/mol. The third-order valence-corrected chi connectivity index (χ3v) is 9.61. The number of rotatable bonds is 6. The molecule has 0 amide bonds. The van der Waals surface area contributed by atoms with Crippen molar-refractivity contribution in [2.75, 3.05) is 6.61 Å². The summed E-state index contributed by atoms with van der Waals surface area (Å²) in [6.07, 6.45) is -5.57. The van der Waals surface area contributed by atoms with Crippen LogP contribution >= 0.6 is 11.6 Å². The van der Waals surface area contributed by atoms with Gasteiger partial charge in [0.25, 0.3) is 0 Å². The Morgan fingerprint density at radius 1 is 0.788 bits per heavy atom. The predicted octanol–water partition coefficient (Wildman–Crippen LogP) is 9.41. The molecule has 52 heavy (non-hydrogen) atoms. The number of hydrogen-bond acceptors (Lipinski definition) is 5. The summed E-state index contributed by atoms with van der Waals surface area (Å²) in [6, 6.07) is 18.1. The van der Waals surface area contributed by atoms with Crippen molar-refractivity contribution in [3.8, 4) is 33.4 Å². The number of carbonyl (C=O) groups is 1. The van der Waals surface area contributed by atoms with Crippen molar-refractivity contribution in [1.82, 2.24) is 9.78 Å². The number of aliphatic hydroxyl groups is 2. The SMILES string of the molecule is CCOC(=O)CCCn1cc(-c2cc(C)cc3c2-c2ccccc2C3(O)C(F)(F)F)cn1.Cc1cc(Cl)c2c(c1)C(O)(C(F)(F)F)c1ccccc1-2. The van der Waals surface area contributed by atoms with Crippen LogP contribution in [0.3, 0.4) is 0 Å². The molecule has 0 bridgehead atoms. The first kappa shape index (κ1) is 37.1. The molecule has 6 nitrogen and oxygen atoms in total. The smallest absolute Gasteiger partial charge is 0.425 e. The number of carbonyl (C=O) groups excluding carboxylic acids is 1. The van der Waals surface area contributed by atoms with E-state index in [0.717, 1.165) is 0 Å². The average Bonchev–Trinajstić information content (AvgIpc) is 3.72. The molecule has 2 aliphatic rings. The van der Waals surface area contributed by atoms with E-state index in [1.165, 1.54) is 36.4 Å². The first-order valence-corrected chi connectivity index (χ1v) is 16.7. The Morgan fingerprint density at radius 2 is 1.31 bits per heavy atom. The summed E-state index contributed by atoms with van der Waals surface area (Å²) >= 11 is 6.10. The molecule has 1 aromatic heterocycles. The number of nitrogens with zero attached hydrogens (tertiary/aromatic N) is 2. The third kappa shape index (κ3) is 6.06. The molecule has 0 radical (unpaired) electrons. The van der Waals surface area contributed by atoms with Crippen LogP contribution < -0.4 is 0 Å². The highest BCUT2D eigenvalue weighted by Crippen LogP contribution is 2.58. The Labute approximate surface area is 300 Å². The summed E-state index contributed by atoms with van der Waals surface area (Å²) in [5.74, 6) is -0.278. The lowest BCUT2D eigenvalue weighted by Crippen LogP contribution is -2.41. The summed E-state index contributed by atoms with van der Waals surface area (Å²) < 4.78 is 89.4. The number of halogens is 7. The minimum Gasteiger partial charge on any atom is -0.466 e. The van der Waals surface area contributed by atoms with Crippen LogP contribution in [0.15, 0.2) is 85.2 Å². The average molecular weight is 743 g/mol. The van der Waals surface area contributed by atoms with Gasteiger partial charge in [-0.05, 0) is 61.1 Å². The highest BCUT2D eigenvalue weighted by Gasteiger charge is 2.62. The molecule has 2 atom stereocenters. The van der Waals surface area contributed by atoms with Crippen molar-refractivity contribution < 1.29 is 46.1 Å². The van der Waals surface area contributed by atoms with Gasteiger partial charge in [-0.3, -0.25) is 9.48 Å². The maximum absolute atomic E-state index is 14.1. The van der Waals surface area contributed by atoms with Crippen molar-refractivity contribution in [2.45, 2.75) is 63.7 Å². The Bertz CT molecular complexity index is 2180. The molecule has 7 rings (SSSR count). The Morgan fingerprint density at radius 3 is 1.87 bits per heavy atom. The molecule has 0 aliphatic heterocycles. The van der Waals surface area contributed by atoms with Crippen LogP contribution in [0.2, 0.25) is 5.02 Å². The summed E-state index contributed by atoms with van der Waals surface area (Å²) in [7, 11) is 0. The normalized spacial score (nSPS) is 18.5. The molecule has 0 saturated heterocycles. The lowest BCUT2D eigenvalue weighted by molar-refractivity contribution is -0.247. The van der Waals surface area contributed by atoms with Crippen molar-refractivity contribution in [2.24, 2.45) is 0 Å². The molecule has 1 heterocycles. The van der Waals surface area contributed by atoms with E-state index in [2.05, 4.69) is 5.10 Å². The van der Waals surface area contributed by atoms with Gasteiger partial charge in [-0.1, -0.05) is 83.9 Å². The lowest BCUT2D eigenvalue weighted by atomic mass is 9.88. The van der Waals surface area contributed by atoms with E-state index >= 15 is 0 Å². The molecule has 0 spiro atoms. The molecule has 2 aliphatic carbocycles. The second-order valence-corrected chi connectivity index (χ2v) is 13.2. The van der Waals surface area contributed by atoms with Gasteiger partial charge < -0.3 is 14.9 Å². The second kappa shape index (κ2) is 13.4. The first-order chi connectivity index (χ1) is 24.4. The van der Waals surface area contributed by atoms with Crippen molar-refractivity contribution in [3.05, 3.63) is 124 Å². The lowest BCUT2D eigenvalue weighted by Gasteiger charge is -2.28. The molecule has 4 aromatic carbocycles. The fourth-order valence-corrected chi connectivity index (χ4v) is 7.44. The minimum atomic E-state index is -4.88. The number of ether oxygens (including phenoxy) is 1. The molecule has 2 N–H and O–H groups in total. The highest BCUT2D eigenvalue weighted by atomic mass is 35.5. The topological polar surface area (TPSA) is 84.6 Å². The quantitative estimate of drug-likeness (QED) is 0.134. The maximum atomic E-state index is 14.1. The maximum Gasteiger partial charge on any atom is 0.425 e. The van der Waals surface area contributed by atoms with Gasteiger partial charge in [0.05, 0.1) is 12.8 Å². The Kier molecular flexibility index (Phi) is 9.56. The third-order valence-electron chi connectivity index (χ3n) is 9.31. The molecule has 13 heteroatoms. The highest BCUT2D eigenvalue weighted by molar-refractivity contribution is 6.34. The molecule has 0 saturated carbocycles. The zero-order valence-electron chi connectivity index (χ0n) is 28.2. The van der Waals surface area contributed by atoms with Gasteiger partial charge in [-0.15, -0.1) is 0 Å². The van der Waals surface area contributed by atoms with Crippen LogP contribution in [0.5, 0.6) is 0 Å². The number of aryl methyl sites for hydroxylation is 3. The van der Waals surface area contributed by atoms with E-state index in [9.17, 15) is 41.4 Å². The standard InChI is InChI=1S/C24H23F3N2O3.C15H10ClF3O/c1-3-32-21(30)9-6-10-29-14-16(13-28-29)18-11-15(2)12-20-22(18)17-7-4-5-8-19(17)23(20,31)24(25,26)27;1-8-6-11-13(12(16)7-8)9-4-2-3-5-10(9)14(11,20)15(17,18)19/h4-5,7-8,11-14,31H,3,6,9-10H2,1-2H3;2-7,20H,1H3. The van der Waals surface area contributed by atoms with E-state index in [1.54, 1.807) is 74.2 Å². The van der Waals surface area contributed by atoms with Crippen LogP contribution in [0.25, 0.3) is 33.4 Å². The zero-order valence-corrected chi connectivity index (χ0v) is 28.9. The van der Waals surface area contributed by atoms with Gasteiger partial charge in [0.2, 0.25) is 11.2 Å². The fourth-order valence-electron chi connectivity index (χ4n) is 7.07. The Hall–Kier alpha value is -4.65. The van der Waals surface area contributed by atoms with E-state index in [1.807, 2.05) is 0 Å². The predicted molar refractivity (Wildman–Crippen MR) is 183 cm³/mol. The van der Waals surface area contributed by atoms with E-state index in [-0.39, 0.29) is 45.2 Å². The summed E-state index contributed by atoms with van der Waals surface area (Å²) in [4.78, 5) is 11.5. The number of alkyl halides is 6. The van der Waals surface area contributed by atoms with Crippen molar-refractivity contribution in [3.63, 3.8) is 0 Å². The zero-order chi connectivity index (χ0) is 37.8. The summed E-state index contributed by atoms with van der Waals surface area (Å²) in [5, 5.41) is 25.9. The van der Waals surface area contributed by atoms with Crippen LogP contribution in [-0.2, 0) is 27.3 Å². The van der Waals surface area contributed by atoms with Crippen LogP contribution in [0, 0.1) is 13.8 Å². The van der Waals surface area contributed by atoms with Gasteiger partial charge in [0.1, 0.15) is 0 Å². The summed E-state index contributed by atoms with van der Waals surface area (Å²) in [6.45, 7) is 5.89. The fraction of sp³-hybridized carbons (Fsp3) is 0.282. The van der Waals surface area contributed by atoms with Gasteiger partial charge in [0, 0.05) is 57.6 Å². The van der Waals surface area contributed by atoms with Gasteiger partial charge in [0.15, 0.2) is 0 Å². The molecule has 2 unspecified atom stereocenters. The molecule has 5 aromatic rings. The largest absolute Gasteiger partial charge is 0.466 e. The van der Waals surface area contributed by atoms with Crippen molar-refractivity contribution in [1.29, 1.82) is 0 Å². The van der Waals surface area contributed by atoms with Crippen LogP contribution in [0.1, 0.15) is 53.1 Å². The summed E-state index contributed by atoms with van der Waals surface area (Å²) in [5.41, 5.74) is -3.10. The van der Waals surface area contributed by atoms with Gasteiger partial charge in [-0.25, -0.2) is 0 Å². The van der Waals surface area contributed by atoms with Crippen LogP contribution in [0.4, 0.5) is 26.3 Å². The number of fused-ring (bicyclic) bond motifs is 6. The van der Waals surface area contributed by atoms with E-state index < -0.39 is 23.6 Å². The van der Waals surface area contributed by atoms with Gasteiger partial charge in [-0.2, -0.15) is 31.4 Å². The first-order valence-electron chi connectivity index (χ1n) is 16.4.